The Morgan fingerprint density at radius 2 is 2.15 bits per heavy atom. The minimum atomic E-state index is -3.36. The van der Waals surface area contributed by atoms with E-state index in [4.69, 9.17) is 9.15 Å². The number of fused-ring (bicyclic) bond motifs is 1. The maximum absolute atomic E-state index is 14.9. The average molecular weight is 489 g/mol. The Morgan fingerprint density at radius 3 is 2.76 bits per heavy atom. The summed E-state index contributed by atoms with van der Waals surface area (Å²) in [7, 11) is -3.36. The van der Waals surface area contributed by atoms with Crippen molar-refractivity contribution in [1.82, 2.24) is 9.55 Å². The van der Waals surface area contributed by atoms with Crippen LogP contribution in [0.3, 0.4) is 0 Å². The van der Waals surface area contributed by atoms with Gasteiger partial charge in [-0.15, -0.1) is 0 Å². The second-order valence-corrected chi connectivity index (χ2v) is 10.5. The number of carbonyl (C=O) groups excluding carboxylic acids is 1. The first-order chi connectivity index (χ1) is 16.1. The van der Waals surface area contributed by atoms with Gasteiger partial charge in [-0.2, -0.15) is 0 Å². The first kappa shape index (κ1) is 23.7. The zero-order valence-electron chi connectivity index (χ0n) is 19.0. The van der Waals surface area contributed by atoms with E-state index in [9.17, 15) is 22.4 Å². The number of benzene rings is 1. The quantitative estimate of drug-likeness (QED) is 0.503. The Labute approximate surface area is 195 Å². The predicted molar refractivity (Wildman–Crippen MR) is 126 cm³/mol. The molecule has 1 aliphatic carbocycles. The van der Waals surface area contributed by atoms with Gasteiger partial charge >= 0.3 is 11.7 Å². The molecule has 0 spiro atoms. The lowest BCUT2D eigenvalue weighted by molar-refractivity contribution is 0.0520. The molecule has 0 saturated heterocycles. The first-order valence-corrected chi connectivity index (χ1v) is 12.9. The summed E-state index contributed by atoms with van der Waals surface area (Å²) in [5.74, 6) is -2.72. The van der Waals surface area contributed by atoms with Crippen molar-refractivity contribution in [3.63, 3.8) is 0 Å². The number of aromatic nitrogens is 2. The topological polar surface area (TPSA) is 111 Å². The van der Waals surface area contributed by atoms with Crippen LogP contribution >= 0.6 is 0 Å². The lowest BCUT2D eigenvalue weighted by Gasteiger charge is -2.18. The lowest BCUT2D eigenvalue weighted by atomic mass is 9.91. The molecule has 0 amide bonds. The van der Waals surface area contributed by atoms with E-state index in [0.717, 1.165) is 11.8 Å². The van der Waals surface area contributed by atoms with E-state index in [-0.39, 0.29) is 24.5 Å². The van der Waals surface area contributed by atoms with Gasteiger partial charge in [0.1, 0.15) is 27.6 Å². The van der Waals surface area contributed by atoms with E-state index < -0.39 is 39.3 Å². The number of nitrogens with one attached hydrogen (secondary N) is 1. The summed E-state index contributed by atoms with van der Waals surface area (Å²) in [6, 6.07) is 5.01. The fourth-order valence-electron chi connectivity index (χ4n) is 4.35. The number of carbonyl (C=O) groups is 1. The average Bonchev–Trinajstić information content (AvgIpc) is 3.37. The number of ether oxygens (including phenoxy) is 1. The molecule has 180 valence electrons. The Kier molecular flexibility index (Phi) is 6.35. The highest BCUT2D eigenvalue weighted by molar-refractivity contribution is 7.90. The van der Waals surface area contributed by atoms with Gasteiger partial charge in [0.15, 0.2) is 0 Å². The van der Waals surface area contributed by atoms with Crippen molar-refractivity contribution in [2.75, 3.05) is 18.6 Å². The third-order valence-corrected chi connectivity index (χ3v) is 6.92. The summed E-state index contributed by atoms with van der Waals surface area (Å²) in [6.45, 7) is 3.67. The normalized spacial score (nSPS) is 17.4. The van der Waals surface area contributed by atoms with Crippen LogP contribution < -0.4 is 5.76 Å². The Morgan fingerprint density at radius 1 is 1.38 bits per heavy atom. The number of sulfone groups is 1. The van der Waals surface area contributed by atoms with E-state index in [1.54, 1.807) is 25.1 Å². The Bertz CT molecular complexity index is 1470. The van der Waals surface area contributed by atoms with Crippen LogP contribution in [-0.2, 0) is 14.6 Å². The monoisotopic (exact) mass is 488 g/mol. The highest BCUT2D eigenvalue weighted by Crippen LogP contribution is 2.38. The highest BCUT2D eigenvalue weighted by Gasteiger charge is 2.28. The van der Waals surface area contributed by atoms with Gasteiger partial charge < -0.3 is 14.1 Å². The molecule has 1 aliphatic rings. The zero-order valence-corrected chi connectivity index (χ0v) is 19.8. The van der Waals surface area contributed by atoms with Crippen molar-refractivity contribution in [2.45, 2.75) is 26.3 Å². The van der Waals surface area contributed by atoms with Crippen LogP contribution in [0.5, 0.6) is 0 Å². The van der Waals surface area contributed by atoms with Gasteiger partial charge in [-0.25, -0.2) is 22.4 Å². The molecular weight excluding hydrogens is 463 g/mol. The van der Waals surface area contributed by atoms with E-state index in [1.165, 1.54) is 23.1 Å². The zero-order chi connectivity index (χ0) is 24.6. The number of aromatic amines is 1. The van der Waals surface area contributed by atoms with E-state index >= 15 is 0 Å². The maximum Gasteiger partial charge on any atom is 0.419 e. The molecular formula is C24H25FN2O6S. The summed E-state index contributed by atoms with van der Waals surface area (Å²) in [4.78, 5) is 28.0. The van der Waals surface area contributed by atoms with Gasteiger partial charge in [-0.3, -0.25) is 4.57 Å². The number of H-pyrrole nitrogens is 1. The minimum Gasteiger partial charge on any atom is -0.461 e. The SMILES string of the molecule is CCOC(=O)c1[nH]c2c([C@H](C)n3ccoc3=O)cccc2c1C1=CCC(CS(C)(=O)=O)C(F)=C1. The number of allylic oxidation sites excluding steroid dienone is 4. The lowest BCUT2D eigenvalue weighted by Crippen LogP contribution is -2.18. The number of rotatable bonds is 7. The van der Waals surface area contributed by atoms with Gasteiger partial charge in [0, 0.05) is 29.3 Å². The molecule has 34 heavy (non-hydrogen) atoms. The molecule has 3 aromatic rings. The van der Waals surface area contributed by atoms with Crippen LogP contribution in [0.1, 0.15) is 47.9 Å². The second kappa shape index (κ2) is 9.09. The third kappa shape index (κ3) is 4.50. The predicted octanol–water partition coefficient (Wildman–Crippen LogP) is 4.01. The van der Waals surface area contributed by atoms with E-state index in [0.29, 0.717) is 22.0 Å². The van der Waals surface area contributed by atoms with E-state index in [1.807, 2.05) is 13.0 Å². The van der Waals surface area contributed by atoms with Crippen LogP contribution in [-0.4, -0.2) is 42.6 Å². The number of hydrogen-bond donors (Lipinski definition) is 1. The van der Waals surface area contributed by atoms with Crippen molar-refractivity contribution >= 4 is 32.3 Å². The molecule has 2 aromatic heterocycles. The minimum absolute atomic E-state index is 0.154. The molecule has 10 heteroatoms. The number of para-hydroxylation sites is 1. The summed E-state index contributed by atoms with van der Waals surface area (Å²) < 4.78 is 49.8. The second-order valence-electron chi connectivity index (χ2n) is 8.33. The molecule has 0 aliphatic heterocycles. The van der Waals surface area contributed by atoms with Crippen molar-refractivity contribution in [1.29, 1.82) is 0 Å². The van der Waals surface area contributed by atoms with Crippen molar-refractivity contribution in [3.05, 3.63) is 76.0 Å². The molecule has 4 rings (SSSR count). The summed E-state index contributed by atoms with van der Waals surface area (Å²) in [5.41, 5.74) is 2.42. The van der Waals surface area contributed by atoms with Gasteiger partial charge in [-0.05, 0) is 37.5 Å². The molecule has 0 saturated carbocycles. The largest absolute Gasteiger partial charge is 0.461 e. The molecule has 0 fully saturated rings. The molecule has 1 aromatic carbocycles. The van der Waals surface area contributed by atoms with E-state index in [2.05, 4.69) is 4.98 Å². The smallest absolute Gasteiger partial charge is 0.419 e. The molecule has 1 N–H and O–H groups in total. The molecule has 2 heterocycles. The van der Waals surface area contributed by atoms with Gasteiger partial charge in [0.05, 0.1) is 23.9 Å². The van der Waals surface area contributed by atoms with Gasteiger partial charge in [-0.1, -0.05) is 24.3 Å². The highest BCUT2D eigenvalue weighted by atomic mass is 32.2. The Balaban J connectivity index is 1.86. The fourth-order valence-corrected chi connectivity index (χ4v) is 5.38. The van der Waals surface area contributed by atoms with Gasteiger partial charge in [0.2, 0.25) is 0 Å². The van der Waals surface area contributed by atoms with Crippen LogP contribution in [0.4, 0.5) is 4.39 Å². The molecule has 1 unspecified atom stereocenters. The van der Waals surface area contributed by atoms with Crippen molar-refractivity contribution < 1.29 is 26.8 Å². The molecule has 2 atom stereocenters. The van der Waals surface area contributed by atoms with Gasteiger partial charge in [0.25, 0.3) is 0 Å². The molecule has 0 radical (unpaired) electrons. The molecule has 0 bridgehead atoms. The number of esters is 1. The first-order valence-electron chi connectivity index (χ1n) is 10.8. The number of halogens is 1. The number of hydrogen-bond acceptors (Lipinski definition) is 6. The summed E-state index contributed by atoms with van der Waals surface area (Å²) in [6.07, 6.45) is 7.11. The van der Waals surface area contributed by atoms with Crippen molar-refractivity contribution in [3.8, 4) is 0 Å². The van der Waals surface area contributed by atoms with Crippen LogP contribution in [0.25, 0.3) is 16.5 Å². The fraction of sp³-hybridized carbons (Fsp3) is 0.333. The van der Waals surface area contributed by atoms with Crippen LogP contribution in [0.15, 0.2) is 57.8 Å². The number of nitrogens with zero attached hydrogens (tertiary/aromatic N) is 1. The summed E-state index contributed by atoms with van der Waals surface area (Å²) in [5, 5.41) is 0.654. The number of oxazole rings is 1. The van der Waals surface area contributed by atoms with Crippen LogP contribution in [0.2, 0.25) is 0 Å². The van der Waals surface area contributed by atoms with Crippen LogP contribution in [0, 0.1) is 5.92 Å². The maximum atomic E-state index is 14.9. The standard InChI is InChI=1S/C24H25FN2O6S/c1-4-32-23(28)22-20(15-8-9-16(19(25)12-15)13-34(3,30)31)18-7-5-6-17(21(18)26-22)14(2)27-10-11-33-24(27)29/h5-8,10-12,14,16,26H,4,9,13H2,1-3H3/t14-,16?/m0/s1. The van der Waals surface area contributed by atoms with Crippen molar-refractivity contribution in [2.24, 2.45) is 5.92 Å². The Hall–Kier alpha value is -3.40. The summed E-state index contributed by atoms with van der Waals surface area (Å²) >= 11 is 0. The molecule has 8 nitrogen and oxygen atoms in total. The third-order valence-electron chi connectivity index (χ3n) is 5.91.